The molecule has 1 atom stereocenters. The summed E-state index contributed by atoms with van der Waals surface area (Å²) in [5.41, 5.74) is 1.19. The van der Waals surface area contributed by atoms with Crippen LogP contribution in [0, 0.1) is 0 Å². The van der Waals surface area contributed by atoms with Crippen LogP contribution in [-0.2, 0) is 15.5 Å². The zero-order valence-corrected chi connectivity index (χ0v) is 18.1. The lowest BCUT2D eigenvalue weighted by Gasteiger charge is -2.18. The van der Waals surface area contributed by atoms with Crippen molar-refractivity contribution in [3.8, 4) is 5.95 Å². The maximum absolute atomic E-state index is 13.3. The molecule has 0 bridgehead atoms. The van der Waals surface area contributed by atoms with Crippen LogP contribution < -0.4 is 10.9 Å². The molecule has 0 saturated carbocycles. The second kappa shape index (κ2) is 9.33. The SMILES string of the molecule is O=C(Nc1cnc(-n2cccn2)[nH]c1=O)C(c1ccccc1)c1ccc(CP(=O)(O)O)cc1. The molecule has 168 valence electrons. The van der Waals surface area contributed by atoms with Gasteiger partial charge in [-0.2, -0.15) is 5.10 Å². The number of nitrogens with zero attached hydrogens (tertiary/aromatic N) is 3. The number of hydrogen-bond acceptors (Lipinski definition) is 5. The number of H-pyrrole nitrogens is 1. The van der Waals surface area contributed by atoms with Gasteiger partial charge >= 0.3 is 7.60 Å². The lowest BCUT2D eigenvalue weighted by molar-refractivity contribution is -0.116. The summed E-state index contributed by atoms with van der Waals surface area (Å²) >= 11 is 0. The van der Waals surface area contributed by atoms with E-state index in [1.807, 2.05) is 6.07 Å². The van der Waals surface area contributed by atoms with E-state index in [1.165, 1.54) is 10.9 Å². The molecule has 33 heavy (non-hydrogen) atoms. The molecule has 1 amide bonds. The molecule has 4 rings (SSSR count). The molecule has 0 spiro atoms. The number of aromatic nitrogens is 4. The van der Waals surface area contributed by atoms with Crippen molar-refractivity contribution >= 4 is 19.2 Å². The van der Waals surface area contributed by atoms with E-state index in [0.717, 1.165) is 0 Å². The fraction of sp³-hybridized carbons (Fsp3) is 0.0909. The lowest BCUT2D eigenvalue weighted by atomic mass is 9.90. The van der Waals surface area contributed by atoms with Gasteiger partial charge in [0.05, 0.1) is 18.3 Å². The summed E-state index contributed by atoms with van der Waals surface area (Å²) in [4.78, 5) is 50.9. The van der Waals surface area contributed by atoms with Crippen LogP contribution in [0.2, 0.25) is 0 Å². The maximum atomic E-state index is 13.3. The number of amides is 1. The lowest BCUT2D eigenvalue weighted by Crippen LogP contribution is -2.27. The van der Waals surface area contributed by atoms with Gasteiger partial charge < -0.3 is 15.1 Å². The van der Waals surface area contributed by atoms with Gasteiger partial charge in [-0.1, -0.05) is 54.6 Å². The average Bonchev–Trinajstić information content (AvgIpc) is 3.31. The van der Waals surface area contributed by atoms with Crippen LogP contribution in [0.3, 0.4) is 0 Å². The first-order chi connectivity index (χ1) is 15.8. The zero-order valence-electron chi connectivity index (χ0n) is 17.2. The molecule has 11 heteroatoms. The number of benzene rings is 2. The van der Waals surface area contributed by atoms with Crippen LogP contribution in [0.25, 0.3) is 5.95 Å². The third-order valence-corrected chi connectivity index (χ3v) is 5.64. The second-order valence-electron chi connectivity index (χ2n) is 7.30. The number of rotatable bonds is 7. The Morgan fingerprint density at radius 2 is 1.76 bits per heavy atom. The minimum absolute atomic E-state index is 0.0186. The Labute approximate surface area is 188 Å². The first kappa shape index (κ1) is 22.3. The van der Waals surface area contributed by atoms with Crippen molar-refractivity contribution in [2.75, 3.05) is 5.32 Å². The van der Waals surface area contributed by atoms with E-state index in [9.17, 15) is 23.9 Å². The van der Waals surface area contributed by atoms with Crippen molar-refractivity contribution in [2.45, 2.75) is 12.1 Å². The van der Waals surface area contributed by atoms with Crippen LogP contribution in [0.5, 0.6) is 0 Å². The summed E-state index contributed by atoms with van der Waals surface area (Å²) in [7, 11) is -4.21. The molecular weight excluding hydrogens is 445 g/mol. The van der Waals surface area contributed by atoms with Gasteiger partial charge in [0.25, 0.3) is 5.56 Å². The molecule has 2 heterocycles. The average molecular weight is 465 g/mol. The van der Waals surface area contributed by atoms with E-state index >= 15 is 0 Å². The van der Waals surface area contributed by atoms with Gasteiger partial charge in [0.15, 0.2) is 0 Å². The Morgan fingerprint density at radius 3 is 2.36 bits per heavy atom. The maximum Gasteiger partial charge on any atom is 0.329 e. The molecular formula is C22H20N5O5P. The van der Waals surface area contributed by atoms with Crippen molar-refractivity contribution in [3.05, 3.63) is 106 Å². The predicted molar refractivity (Wildman–Crippen MR) is 121 cm³/mol. The van der Waals surface area contributed by atoms with E-state index < -0.39 is 25.0 Å². The molecule has 0 aliphatic carbocycles. The van der Waals surface area contributed by atoms with E-state index in [-0.39, 0.29) is 17.8 Å². The summed E-state index contributed by atoms with van der Waals surface area (Å²) < 4.78 is 12.7. The predicted octanol–water partition coefficient (Wildman–Crippen LogP) is 2.40. The van der Waals surface area contributed by atoms with Crippen LogP contribution in [-0.4, -0.2) is 35.4 Å². The molecule has 0 aliphatic heterocycles. The van der Waals surface area contributed by atoms with Crippen molar-refractivity contribution in [1.82, 2.24) is 19.7 Å². The summed E-state index contributed by atoms with van der Waals surface area (Å²) in [6.07, 6.45) is 4.04. The molecule has 0 aliphatic rings. The topological polar surface area (TPSA) is 150 Å². The van der Waals surface area contributed by atoms with Gasteiger partial charge in [-0.25, -0.2) is 9.67 Å². The molecule has 2 aromatic carbocycles. The van der Waals surface area contributed by atoms with E-state index in [0.29, 0.717) is 16.7 Å². The molecule has 4 aromatic rings. The number of anilines is 1. The fourth-order valence-electron chi connectivity index (χ4n) is 3.38. The molecule has 10 nitrogen and oxygen atoms in total. The Kier molecular flexibility index (Phi) is 6.32. The number of hydrogen-bond donors (Lipinski definition) is 4. The monoisotopic (exact) mass is 465 g/mol. The van der Waals surface area contributed by atoms with Gasteiger partial charge in [0.2, 0.25) is 11.9 Å². The Bertz CT molecular complexity index is 1350. The van der Waals surface area contributed by atoms with Gasteiger partial charge in [0.1, 0.15) is 5.69 Å². The molecule has 0 fully saturated rings. The highest BCUT2D eigenvalue weighted by Crippen LogP contribution is 2.39. The minimum atomic E-state index is -4.21. The van der Waals surface area contributed by atoms with Gasteiger partial charge in [-0.3, -0.25) is 19.1 Å². The zero-order chi connectivity index (χ0) is 23.4. The van der Waals surface area contributed by atoms with Crippen molar-refractivity contribution < 1.29 is 19.1 Å². The van der Waals surface area contributed by atoms with Crippen LogP contribution in [0.1, 0.15) is 22.6 Å². The molecule has 1 unspecified atom stereocenters. The number of carbonyl (C=O) groups is 1. The van der Waals surface area contributed by atoms with Crippen molar-refractivity contribution in [3.63, 3.8) is 0 Å². The highest BCUT2D eigenvalue weighted by atomic mass is 31.2. The third-order valence-electron chi connectivity index (χ3n) is 4.86. The summed E-state index contributed by atoms with van der Waals surface area (Å²) in [6.45, 7) is 0. The first-order valence-corrected chi connectivity index (χ1v) is 11.7. The Balaban J connectivity index is 1.62. The molecule has 4 N–H and O–H groups in total. The smallest absolute Gasteiger partial charge is 0.324 e. The Morgan fingerprint density at radius 1 is 1.06 bits per heavy atom. The van der Waals surface area contributed by atoms with Crippen LogP contribution in [0.4, 0.5) is 5.69 Å². The highest BCUT2D eigenvalue weighted by molar-refractivity contribution is 7.50. The fourth-order valence-corrected chi connectivity index (χ4v) is 4.07. The van der Waals surface area contributed by atoms with Gasteiger partial charge in [0, 0.05) is 12.4 Å². The normalized spacial score (nSPS) is 12.3. The van der Waals surface area contributed by atoms with E-state index in [1.54, 1.807) is 67.0 Å². The highest BCUT2D eigenvalue weighted by Gasteiger charge is 2.24. The van der Waals surface area contributed by atoms with Crippen molar-refractivity contribution in [1.29, 1.82) is 0 Å². The second-order valence-corrected chi connectivity index (χ2v) is 8.94. The van der Waals surface area contributed by atoms with E-state index in [4.69, 9.17) is 0 Å². The quantitative estimate of drug-likeness (QED) is 0.306. The number of nitrogens with one attached hydrogen (secondary N) is 2. The third kappa shape index (κ3) is 5.50. The first-order valence-electron chi connectivity index (χ1n) is 9.89. The largest absolute Gasteiger partial charge is 0.329 e. The standard InChI is InChI=1S/C22H20N5O5P/c28-20-18(13-23-22(26-20)27-12-4-11-24-27)25-21(29)19(16-5-2-1-3-6-16)17-9-7-15(8-10-17)14-33(30,31)32/h1-13,19H,14H2,(H,25,29)(H,23,26,28)(H2,30,31,32). The Hall–Kier alpha value is -3.85. The van der Waals surface area contributed by atoms with Crippen LogP contribution >= 0.6 is 7.60 Å². The summed E-state index contributed by atoms with van der Waals surface area (Å²) in [6, 6.07) is 17.1. The molecule has 0 saturated heterocycles. The van der Waals surface area contributed by atoms with Crippen LogP contribution in [0.15, 0.2) is 84.0 Å². The number of aromatic amines is 1. The molecule has 2 aromatic heterocycles. The summed E-state index contributed by atoms with van der Waals surface area (Å²) in [5, 5.41) is 6.64. The molecule has 0 radical (unpaired) electrons. The number of carbonyl (C=O) groups excluding carboxylic acids is 1. The van der Waals surface area contributed by atoms with Crippen molar-refractivity contribution in [2.24, 2.45) is 0 Å². The minimum Gasteiger partial charge on any atom is -0.324 e. The van der Waals surface area contributed by atoms with E-state index in [2.05, 4.69) is 20.4 Å². The summed E-state index contributed by atoms with van der Waals surface area (Å²) in [5.74, 6) is -1.01. The van der Waals surface area contributed by atoms with Gasteiger partial charge in [-0.05, 0) is 22.8 Å². The van der Waals surface area contributed by atoms with Gasteiger partial charge in [-0.15, -0.1) is 0 Å².